The summed E-state index contributed by atoms with van der Waals surface area (Å²) in [4.78, 5) is 14.7. The summed E-state index contributed by atoms with van der Waals surface area (Å²) in [6, 6.07) is 3.55. The third-order valence-corrected chi connectivity index (χ3v) is 2.25. The maximum absolute atomic E-state index is 10.6. The molecule has 0 aromatic carbocycles. The number of carboxylic acids is 1. The molecule has 0 aliphatic carbocycles. The highest BCUT2D eigenvalue weighted by molar-refractivity contribution is 9.10. The van der Waals surface area contributed by atoms with Crippen LogP contribution in [0.4, 0.5) is 0 Å². The summed E-state index contributed by atoms with van der Waals surface area (Å²) in [6.45, 7) is 0. The van der Waals surface area contributed by atoms with E-state index in [4.69, 9.17) is 5.11 Å². The highest BCUT2D eigenvalue weighted by Gasteiger charge is 2.07. The normalized spacial score (nSPS) is 10.2. The van der Waals surface area contributed by atoms with E-state index in [0.717, 1.165) is 4.47 Å². The van der Waals surface area contributed by atoms with Gasteiger partial charge in [-0.3, -0.25) is 0 Å². The van der Waals surface area contributed by atoms with Crippen molar-refractivity contribution in [2.45, 2.75) is 0 Å². The van der Waals surface area contributed by atoms with E-state index >= 15 is 0 Å². The summed E-state index contributed by atoms with van der Waals surface area (Å²) < 4.78 is 2.27. The van der Waals surface area contributed by atoms with E-state index in [-0.39, 0.29) is 5.56 Å². The molecular weight excluding hydrogens is 262 g/mol. The molecule has 0 unspecified atom stereocenters. The summed E-state index contributed by atoms with van der Waals surface area (Å²) in [5, 5.41) is 12.6. The molecule has 1 N–H and O–H groups in total. The molecule has 76 valence electrons. The number of aromatic carboxylic acids is 1. The molecule has 0 aliphatic rings. The van der Waals surface area contributed by atoms with Gasteiger partial charge >= 0.3 is 5.97 Å². The maximum Gasteiger partial charge on any atom is 0.338 e. The Labute approximate surface area is 93.5 Å². The largest absolute Gasteiger partial charge is 0.478 e. The van der Waals surface area contributed by atoms with E-state index in [2.05, 4.69) is 26.0 Å². The van der Waals surface area contributed by atoms with Gasteiger partial charge in [-0.15, -0.1) is 0 Å². The number of halogens is 1. The molecule has 15 heavy (non-hydrogen) atoms. The Kier molecular flexibility index (Phi) is 2.51. The number of aromatic nitrogens is 3. The van der Waals surface area contributed by atoms with Gasteiger partial charge in [-0.1, -0.05) is 0 Å². The zero-order valence-corrected chi connectivity index (χ0v) is 9.05. The second kappa shape index (κ2) is 3.82. The first-order valence-corrected chi connectivity index (χ1v) is 4.86. The van der Waals surface area contributed by atoms with E-state index in [9.17, 15) is 4.79 Å². The van der Waals surface area contributed by atoms with Gasteiger partial charge in [0.1, 0.15) is 0 Å². The van der Waals surface area contributed by atoms with Gasteiger partial charge in [0, 0.05) is 16.9 Å². The van der Waals surface area contributed by atoms with Crippen LogP contribution in [0.1, 0.15) is 10.4 Å². The highest BCUT2D eigenvalue weighted by atomic mass is 79.9. The van der Waals surface area contributed by atoms with Crippen molar-refractivity contribution in [3.63, 3.8) is 0 Å². The van der Waals surface area contributed by atoms with Crippen LogP contribution < -0.4 is 0 Å². The molecule has 0 bridgehead atoms. The van der Waals surface area contributed by atoms with Gasteiger partial charge in [0.2, 0.25) is 0 Å². The number of pyridine rings is 1. The van der Waals surface area contributed by atoms with Crippen molar-refractivity contribution in [2.75, 3.05) is 0 Å². The Morgan fingerprint density at radius 2 is 2.20 bits per heavy atom. The van der Waals surface area contributed by atoms with E-state index in [1.165, 1.54) is 17.1 Å². The van der Waals surface area contributed by atoms with Crippen molar-refractivity contribution in [2.24, 2.45) is 0 Å². The summed E-state index contributed by atoms with van der Waals surface area (Å²) in [5.74, 6) is -0.427. The Balaban J connectivity index is 2.37. The third kappa shape index (κ3) is 2.04. The molecule has 0 atom stereocenters. The molecule has 5 nitrogen and oxygen atoms in total. The van der Waals surface area contributed by atoms with Gasteiger partial charge in [-0.05, 0) is 28.1 Å². The fourth-order valence-electron chi connectivity index (χ4n) is 1.06. The molecule has 0 aliphatic heterocycles. The second-order valence-electron chi connectivity index (χ2n) is 2.81. The van der Waals surface area contributed by atoms with E-state index < -0.39 is 5.97 Å². The predicted octanol–water partition coefficient (Wildman–Crippen LogP) is 1.73. The fourth-order valence-corrected chi connectivity index (χ4v) is 1.30. The maximum atomic E-state index is 10.6. The Bertz CT molecular complexity index is 492. The summed E-state index contributed by atoms with van der Waals surface area (Å²) >= 11 is 3.26. The monoisotopic (exact) mass is 267 g/mol. The Hall–Kier alpha value is -1.69. The van der Waals surface area contributed by atoms with Crippen molar-refractivity contribution < 1.29 is 9.90 Å². The molecule has 0 saturated heterocycles. The Morgan fingerprint density at radius 1 is 1.40 bits per heavy atom. The summed E-state index contributed by atoms with van der Waals surface area (Å²) in [7, 11) is 0. The van der Waals surface area contributed by atoms with E-state index in [1.807, 2.05) is 6.07 Å². The minimum atomic E-state index is -1.00. The average Bonchev–Trinajstić information content (AvgIpc) is 2.68. The molecule has 2 aromatic heterocycles. The van der Waals surface area contributed by atoms with Crippen LogP contribution in [0.25, 0.3) is 5.82 Å². The molecule has 2 rings (SSSR count). The van der Waals surface area contributed by atoms with Crippen LogP contribution >= 0.6 is 15.9 Å². The van der Waals surface area contributed by atoms with Crippen LogP contribution in [0.3, 0.4) is 0 Å². The minimum Gasteiger partial charge on any atom is -0.478 e. The number of carbonyl (C=O) groups is 1. The lowest BCUT2D eigenvalue weighted by atomic mass is 10.4. The van der Waals surface area contributed by atoms with Crippen molar-refractivity contribution in [3.8, 4) is 5.82 Å². The van der Waals surface area contributed by atoms with Gasteiger partial charge in [-0.2, -0.15) is 5.10 Å². The first-order valence-electron chi connectivity index (χ1n) is 4.07. The van der Waals surface area contributed by atoms with Crippen LogP contribution in [0.2, 0.25) is 0 Å². The smallest absolute Gasteiger partial charge is 0.338 e. The van der Waals surface area contributed by atoms with Crippen LogP contribution in [-0.2, 0) is 0 Å². The number of hydrogen-bond acceptors (Lipinski definition) is 3. The summed E-state index contributed by atoms with van der Waals surface area (Å²) in [6.07, 6.45) is 4.32. The molecule has 0 spiro atoms. The fraction of sp³-hybridized carbons (Fsp3) is 0. The second-order valence-corrected chi connectivity index (χ2v) is 3.73. The average molecular weight is 268 g/mol. The topological polar surface area (TPSA) is 68.0 Å². The lowest BCUT2D eigenvalue weighted by Gasteiger charge is -1.98. The van der Waals surface area contributed by atoms with Gasteiger partial charge in [0.05, 0.1) is 11.8 Å². The van der Waals surface area contributed by atoms with E-state index in [0.29, 0.717) is 5.82 Å². The first-order chi connectivity index (χ1) is 7.16. The first kappa shape index (κ1) is 9.85. The highest BCUT2D eigenvalue weighted by Crippen LogP contribution is 2.10. The minimum absolute atomic E-state index is 0.139. The van der Waals surface area contributed by atoms with Crippen molar-refractivity contribution in [3.05, 3.63) is 40.8 Å². The van der Waals surface area contributed by atoms with Crippen molar-refractivity contribution in [1.82, 2.24) is 14.8 Å². The van der Waals surface area contributed by atoms with Gasteiger partial charge in [0.25, 0.3) is 0 Å². The SMILES string of the molecule is O=C(O)c1cnn(-c2ccc(Br)cn2)c1. The van der Waals surface area contributed by atoms with Gasteiger partial charge in [0.15, 0.2) is 5.82 Å². The molecule has 6 heteroatoms. The summed E-state index contributed by atoms with van der Waals surface area (Å²) in [5.41, 5.74) is 0.139. The number of rotatable bonds is 2. The van der Waals surface area contributed by atoms with Gasteiger partial charge in [-0.25, -0.2) is 14.5 Å². The lowest BCUT2D eigenvalue weighted by Crippen LogP contribution is -1.97. The van der Waals surface area contributed by atoms with Crippen molar-refractivity contribution >= 4 is 21.9 Å². The Morgan fingerprint density at radius 3 is 2.73 bits per heavy atom. The quantitative estimate of drug-likeness (QED) is 0.900. The van der Waals surface area contributed by atoms with Crippen LogP contribution in [0.15, 0.2) is 35.2 Å². The van der Waals surface area contributed by atoms with Crippen LogP contribution in [-0.4, -0.2) is 25.8 Å². The van der Waals surface area contributed by atoms with Crippen LogP contribution in [0.5, 0.6) is 0 Å². The zero-order chi connectivity index (χ0) is 10.8. The molecule has 0 saturated carbocycles. The number of hydrogen-bond donors (Lipinski definition) is 1. The van der Waals surface area contributed by atoms with Crippen LogP contribution in [0, 0.1) is 0 Å². The number of carboxylic acid groups (broad SMARTS) is 1. The molecule has 2 aromatic rings. The van der Waals surface area contributed by atoms with Gasteiger partial charge < -0.3 is 5.11 Å². The molecule has 0 fully saturated rings. The molecule has 0 amide bonds. The molecule has 2 heterocycles. The van der Waals surface area contributed by atoms with Crippen molar-refractivity contribution in [1.29, 1.82) is 0 Å². The molecule has 0 radical (unpaired) electrons. The number of nitrogens with zero attached hydrogens (tertiary/aromatic N) is 3. The predicted molar refractivity (Wildman–Crippen MR) is 56.0 cm³/mol. The third-order valence-electron chi connectivity index (χ3n) is 1.78. The standard InChI is InChI=1S/C9H6BrN3O2/c10-7-1-2-8(11-4-7)13-5-6(3-12-13)9(14)15/h1-5H,(H,14,15). The molecular formula is C9H6BrN3O2. The van der Waals surface area contributed by atoms with E-state index in [1.54, 1.807) is 12.3 Å². The zero-order valence-electron chi connectivity index (χ0n) is 7.46. The lowest BCUT2D eigenvalue weighted by molar-refractivity contribution is 0.0697.